The minimum Gasteiger partial charge on any atom is -0.481 e. The molecule has 1 aromatic heterocycles. The third-order valence-corrected chi connectivity index (χ3v) is 3.44. The van der Waals surface area contributed by atoms with Crippen molar-refractivity contribution in [1.29, 1.82) is 0 Å². The zero-order valence-electron chi connectivity index (χ0n) is 9.32. The Balaban J connectivity index is 2.53. The predicted molar refractivity (Wildman–Crippen MR) is 55.7 cm³/mol. The predicted octanol–water partition coefficient (Wildman–Crippen LogP) is 1.56. The van der Waals surface area contributed by atoms with E-state index in [1.54, 1.807) is 10.9 Å². The Hall–Kier alpha value is -1.32. The molecular formula is C11H16N2O2. The van der Waals surface area contributed by atoms with E-state index in [4.69, 9.17) is 0 Å². The summed E-state index contributed by atoms with van der Waals surface area (Å²) in [5, 5.41) is 13.4. The van der Waals surface area contributed by atoms with E-state index < -0.39 is 11.9 Å². The largest absolute Gasteiger partial charge is 0.481 e. The molecule has 1 aromatic rings. The molecule has 1 unspecified atom stereocenters. The van der Waals surface area contributed by atoms with Crippen LogP contribution >= 0.6 is 0 Å². The quantitative estimate of drug-likeness (QED) is 0.762. The maximum absolute atomic E-state index is 11.3. The standard InChI is InChI=1S/C11H16N2O2/c1-11(2)5-4-8-7(6-12-13(8)3)9(11)10(14)15/h6,9H,4-5H2,1-3H3,(H,14,15). The van der Waals surface area contributed by atoms with Crippen molar-refractivity contribution >= 4 is 5.97 Å². The SMILES string of the molecule is Cn1ncc2c1CCC(C)(C)C2C(=O)O. The molecule has 0 amide bonds. The maximum Gasteiger partial charge on any atom is 0.311 e. The number of aryl methyl sites for hydroxylation is 1. The first-order valence-electron chi connectivity index (χ1n) is 5.17. The van der Waals surface area contributed by atoms with E-state index >= 15 is 0 Å². The lowest BCUT2D eigenvalue weighted by atomic mass is 9.68. The first kappa shape index (κ1) is 10.2. The van der Waals surface area contributed by atoms with Crippen LogP contribution in [0.25, 0.3) is 0 Å². The first-order chi connectivity index (χ1) is 6.93. The van der Waals surface area contributed by atoms with E-state index in [9.17, 15) is 9.90 Å². The molecular weight excluding hydrogens is 192 g/mol. The topological polar surface area (TPSA) is 55.1 Å². The Labute approximate surface area is 88.9 Å². The van der Waals surface area contributed by atoms with Gasteiger partial charge in [0, 0.05) is 18.3 Å². The van der Waals surface area contributed by atoms with Gasteiger partial charge in [0.05, 0.1) is 12.1 Å². The monoisotopic (exact) mass is 208 g/mol. The molecule has 4 heteroatoms. The van der Waals surface area contributed by atoms with E-state index in [-0.39, 0.29) is 5.41 Å². The lowest BCUT2D eigenvalue weighted by Crippen LogP contribution is -2.33. The summed E-state index contributed by atoms with van der Waals surface area (Å²) in [6, 6.07) is 0. The number of fused-ring (bicyclic) bond motifs is 1. The van der Waals surface area contributed by atoms with Crippen LogP contribution in [0.1, 0.15) is 37.4 Å². The summed E-state index contributed by atoms with van der Waals surface area (Å²) < 4.78 is 1.79. The minimum atomic E-state index is -0.742. The van der Waals surface area contributed by atoms with Gasteiger partial charge < -0.3 is 5.11 Å². The molecule has 1 N–H and O–H groups in total. The van der Waals surface area contributed by atoms with Crippen LogP contribution in [0, 0.1) is 5.41 Å². The van der Waals surface area contributed by atoms with E-state index in [2.05, 4.69) is 5.10 Å². The molecule has 0 radical (unpaired) electrons. The number of hydrogen-bond donors (Lipinski definition) is 1. The summed E-state index contributed by atoms with van der Waals surface area (Å²) in [6.45, 7) is 4.03. The van der Waals surface area contributed by atoms with Crippen molar-refractivity contribution in [2.75, 3.05) is 0 Å². The molecule has 0 fully saturated rings. The van der Waals surface area contributed by atoms with E-state index in [0.717, 1.165) is 24.1 Å². The third kappa shape index (κ3) is 1.44. The van der Waals surface area contributed by atoms with Gasteiger partial charge in [0.15, 0.2) is 0 Å². The Bertz CT molecular complexity index is 407. The molecule has 0 saturated carbocycles. The highest BCUT2D eigenvalue weighted by Gasteiger charge is 2.42. The van der Waals surface area contributed by atoms with Gasteiger partial charge in [-0.25, -0.2) is 0 Å². The molecule has 4 nitrogen and oxygen atoms in total. The van der Waals surface area contributed by atoms with Crippen LogP contribution in [0.5, 0.6) is 0 Å². The van der Waals surface area contributed by atoms with Crippen molar-refractivity contribution in [2.45, 2.75) is 32.6 Å². The van der Waals surface area contributed by atoms with Gasteiger partial charge in [-0.3, -0.25) is 9.48 Å². The zero-order valence-corrected chi connectivity index (χ0v) is 9.32. The van der Waals surface area contributed by atoms with Crippen LogP contribution in [0.15, 0.2) is 6.20 Å². The number of aliphatic carboxylic acids is 1. The Morgan fingerprint density at radius 3 is 2.93 bits per heavy atom. The number of carbonyl (C=O) groups is 1. The summed E-state index contributed by atoms with van der Waals surface area (Å²) in [5.74, 6) is -1.16. The van der Waals surface area contributed by atoms with Gasteiger partial charge in [-0.05, 0) is 18.3 Å². The minimum absolute atomic E-state index is 0.179. The number of hydrogen-bond acceptors (Lipinski definition) is 2. The van der Waals surface area contributed by atoms with Gasteiger partial charge in [0.2, 0.25) is 0 Å². The number of nitrogens with zero attached hydrogens (tertiary/aromatic N) is 2. The molecule has 2 rings (SSSR count). The number of carboxylic acid groups (broad SMARTS) is 1. The summed E-state index contributed by atoms with van der Waals surface area (Å²) in [6.07, 6.45) is 3.52. The fourth-order valence-corrected chi connectivity index (χ4v) is 2.50. The van der Waals surface area contributed by atoms with E-state index in [1.165, 1.54) is 0 Å². The molecule has 0 aromatic carbocycles. The van der Waals surface area contributed by atoms with E-state index in [0.29, 0.717) is 0 Å². The summed E-state index contributed by atoms with van der Waals surface area (Å²) in [7, 11) is 1.87. The highest BCUT2D eigenvalue weighted by molar-refractivity contribution is 5.78. The van der Waals surface area contributed by atoms with Crippen molar-refractivity contribution in [3.63, 3.8) is 0 Å². The number of carboxylic acids is 1. The second kappa shape index (κ2) is 3.08. The number of aromatic nitrogens is 2. The lowest BCUT2D eigenvalue weighted by Gasteiger charge is -2.35. The van der Waals surface area contributed by atoms with Crippen LogP contribution in [0.2, 0.25) is 0 Å². The molecule has 0 aliphatic heterocycles. The van der Waals surface area contributed by atoms with Crippen LogP contribution in [-0.4, -0.2) is 20.9 Å². The van der Waals surface area contributed by atoms with Crippen molar-refractivity contribution in [2.24, 2.45) is 12.5 Å². The Morgan fingerprint density at radius 2 is 2.33 bits per heavy atom. The van der Waals surface area contributed by atoms with E-state index in [1.807, 2.05) is 20.9 Å². The molecule has 1 heterocycles. The van der Waals surface area contributed by atoms with Gasteiger partial charge in [0.1, 0.15) is 0 Å². The molecule has 0 spiro atoms. The summed E-state index contributed by atoms with van der Waals surface area (Å²) in [4.78, 5) is 11.3. The second-order valence-electron chi connectivity index (χ2n) is 4.93. The smallest absolute Gasteiger partial charge is 0.311 e. The lowest BCUT2D eigenvalue weighted by molar-refractivity contribution is -0.142. The van der Waals surface area contributed by atoms with Gasteiger partial charge in [-0.15, -0.1) is 0 Å². The maximum atomic E-state index is 11.3. The van der Waals surface area contributed by atoms with Gasteiger partial charge >= 0.3 is 5.97 Å². The molecule has 15 heavy (non-hydrogen) atoms. The molecule has 0 saturated heterocycles. The zero-order chi connectivity index (χ0) is 11.2. The van der Waals surface area contributed by atoms with Gasteiger partial charge in [0.25, 0.3) is 0 Å². The van der Waals surface area contributed by atoms with Crippen molar-refractivity contribution in [1.82, 2.24) is 9.78 Å². The fourth-order valence-electron chi connectivity index (χ4n) is 2.50. The molecule has 1 aliphatic rings. The summed E-state index contributed by atoms with van der Waals surface area (Å²) >= 11 is 0. The van der Waals surface area contributed by atoms with Crippen molar-refractivity contribution in [3.8, 4) is 0 Å². The van der Waals surface area contributed by atoms with Gasteiger partial charge in [-0.2, -0.15) is 5.10 Å². The van der Waals surface area contributed by atoms with Crippen molar-refractivity contribution < 1.29 is 9.90 Å². The number of rotatable bonds is 1. The highest BCUT2D eigenvalue weighted by Crippen LogP contribution is 2.44. The van der Waals surface area contributed by atoms with Crippen molar-refractivity contribution in [3.05, 3.63) is 17.5 Å². The summed E-state index contributed by atoms with van der Waals surface area (Å²) in [5.41, 5.74) is 1.78. The average Bonchev–Trinajstić information content (AvgIpc) is 2.45. The third-order valence-electron chi connectivity index (χ3n) is 3.44. The molecule has 82 valence electrons. The average molecular weight is 208 g/mol. The first-order valence-corrected chi connectivity index (χ1v) is 5.17. The molecule has 0 bridgehead atoms. The van der Waals surface area contributed by atoms with Crippen LogP contribution in [-0.2, 0) is 18.3 Å². The molecule has 1 atom stereocenters. The molecule has 1 aliphatic carbocycles. The Morgan fingerprint density at radius 1 is 1.67 bits per heavy atom. The Kier molecular flexibility index (Phi) is 2.10. The van der Waals surface area contributed by atoms with Crippen LogP contribution < -0.4 is 0 Å². The van der Waals surface area contributed by atoms with Crippen LogP contribution in [0.3, 0.4) is 0 Å². The normalized spacial score (nSPS) is 23.5. The van der Waals surface area contributed by atoms with Crippen LogP contribution in [0.4, 0.5) is 0 Å². The highest BCUT2D eigenvalue weighted by atomic mass is 16.4. The van der Waals surface area contributed by atoms with Gasteiger partial charge in [-0.1, -0.05) is 13.8 Å². The second-order valence-corrected chi connectivity index (χ2v) is 4.93. The fraction of sp³-hybridized carbons (Fsp3) is 0.636.